The predicted molar refractivity (Wildman–Crippen MR) is 91.9 cm³/mol. The maximum Gasteiger partial charge on any atom is 0.227 e. The molecule has 22 heavy (non-hydrogen) atoms. The number of benzene rings is 1. The van der Waals surface area contributed by atoms with E-state index >= 15 is 0 Å². The molecule has 1 aromatic carbocycles. The maximum atomic E-state index is 12.2. The van der Waals surface area contributed by atoms with Crippen molar-refractivity contribution < 1.29 is 9.59 Å². The lowest BCUT2D eigenvalue weighted by molar-refractivity contribution is -0.126. The second kappa shape index (κ2) is 7.77. The van der Waals surface area contributed by atoms with Gasteiger partial charge in [-0.3, -0.25) is 9.59 Å². The number of hydrogen-bond donors (Lipinski definition) is 1. The minimum atomic E-state index is -0.239. The van der Waals surface area contributed by atoms with E-state index in [0.29, 0.717) is 19.5 Å². The van der Waals surface area contributed by atoms with Gasteiger partial charge < -0.3 is 10.2 Å². The number of amides is 2. The largest absolute Gasteiger partial charge is 0.356 e. The summed E-state index contributed by atoms with van der Waals surface area (Å²) in [5.41, 5.74) is 1.93. The first-order chi connectivity index (χ1) is 10.5. The molecule has 0 radical (unpaired) electrons. The molecule has 2 amide bonds. The van der Waals surface area contributed by atoms with Crippen molar-refractivity contribution in [2.45, 2.75) is 39.5 Å². The van der Waals surface area contributed by atoms with Gasteiger partial charge in [0.1, 0.15) is 0 Å². The molecule has 0 aliphatic carbocycles. The monoisotopic (exact) mass is 366 g/mol. The Labute approximate surface area is 140 Å². The molecule has 1 atom stereocenters. The van der Waals surface area contributed by atoms with Gasteiger partial charge in [0.2, 0.25) is 11.8 Å². The Morgan fingerprint density at radius 3 is 2.86 bits per heavy atom. The lowest BCUT2D eigenvalue weighted by Gasteiger charge is -2.19. The molecular formula is C17H23BrN2O2. The van der Waals surface area contributed by atoms with Crippen molar-refractivity contribution in [3.63, 3.8) is 0 Å². The molecule has 1 aliphatic heterocycles. The van der Waals surface area contributed by atoms with Crippen LogP contribution in [0.15, 0.2) is 22.7 Å². The lowest BCUT2D eigenvalue weighted by Crippen LogP contribution is -2.33. The summed E-state index contributed by atoms with van der Waals surface area (Å²) >= 11 is 3.43. The average molecular weight is 367 g/mol. The quantitative estimate of drug-likeness (QED) is 0.784. The van der Waals surface area contributed by atoms with Gasteiger partial charge in [-0.25, -0.2) is 0 Å². The summed E-state index contributed by atoms with van der Waals surface area (Å²) in [5.74, 6) is -0.210. The van der Waals surface area contributed by atoms with Crippen LogP contribution in [0, 0.1) is 12.8 Å². The van der Waals surface area contributed by atoms with Crippen LogP contribution in [-0.2, 0) is 9.59 Å². The summed E-state index contributed by atoms with van der Waals surface area (Å²) < 4.78 is 0.991. The standard InChI is InChI=1S/C17H23BrN2O2/c1-3-4-5-8-19-17(22)13-10-16(21)20(11-13)15-7-6-14(18)9-12(15)2/h6-7,9,13H,3-5,8,10-11H2,1-2H3,(H,19,22). The Morgan fingerprint density at radius 1 is 1.41 bits per heavy atom. The van der Waals surface area contributed by atoms with Crippen LogP contribution < -0.4 is 10.2 Å². The normalized spacial score (nSPS) is 17.9. The highest BCUT2D eigenvalue weighted by molar-refractivity contribution is 9.10. The van der Waals surface area contributed by atoms with Gasteiger partial charge in [0.25, 0.3) is 0 Å². The van der Waals surface area contributed by atoms with Crippen molar-refractivity contribution in [3.05, 3.63) is 28.2 Å². The Kier molecular flexibility index (Phi) is 6.00. The fourth-order valence-corrected chi connectivity index (χ4v) is 3.24. The van der Waals surface area contributed by atoms with E-state index in [4.69, 9.17) is 0 Å². The molecule has 1 aliphatic rings. The summed E-state index contributed by atoms with van der Waals surface area (Å²) in [5, 5.41) is 2.95. The number of unbranched alkanes of at least 4 members (excludes halogenated alkanes) is 2. The molecule has 0 aromatic heterocycles. The Morgan fingerprint density at radius 2 is 2.18 bits per heavy atom. The molecule has 1 saturated heterocycles. The van der Waals surface area contributed by atoms with Gasteiger partial charge in [0, 0.05) is 29.7 Å². The van der Waals surface area contributed by atoms with Crippen LogP contribution in [-0.4, -0.2) is 24.9 Å². The summed E-state index contributed by atoms with van der Waals surface area (Å²) in [6.45, 7) is 5.29. The van der Waals surface area contributed by atoms with E-state index < -0.39 is 0 Å². The third kappa shape index (κ3) is 4.09. The van der Waals surface area contributed by atoms with Gasteiger partial charge in [-0.2, -0.15) is 0 Å². The molecule has 5 heteroatoms. The molecule has 120 valence electrons. The second-order valence-corrected chi connectivity index (χ2v) is 6.75. The van der Waals surface area contributed by atoms with E-state index in [1.165, 1.54) is 0 Å². The molecule has 4 nitrogen and oxygen atoms in total. The molecule has 1 N–H and O–H groups in total. The second-order valence-electron chi connectivity index (χ2n) is 5.83. The Bertz CT molecular complexity index is 560. The van der Waals surface area contributed by atoms with Crippen LogP contribution in [0.5, 0.6) is 0 Å². The number of halogens is 1. The van der Waals surface area contributed by atoms with Gasteiger partial charge >= 0.3 is 0 Å². The van der Waals surface area contributed by atoms with Gasteiger partial charge in [-0.1, -0.05) is 35.7 Å². The van der Waals surface area contributed by atoms with Crippen LogP contribution in [0.25, 0.3) is 0 Å². The highest BCUT2D eigenvalue weighted by atomic mass is 79.9. The molecule has 0 spiro atoms. The lowest BCUT2D eigenvalue weighted by atomic mass is 10.1. The van der Waals surface area contributed by atoms with Crippen molar-refractivity contribution in [2.75, 3.05) is 18.0 Å². The van der Waals surface area contributed by atoms with Crippen molar-refractivity contribution in [1.82, 2.24) is 5.32 Å². The number of rotatable bonds is 6. The van der Waals surface area contributed by atoms with E-state index in [0.717, 1.165) is 35.0 Å². The first-order valence-corrected chi connectivity index (χ1v) is 8.66. The van der Waals surface area contributed by atoms with Crippen LogP contribution in [0.4, 0.5) is 5.69 Å². The molecule has 1 fully saturated rings. The molecule has 0 saturated carbocycles. The molecule has 2 rings (SSSR count). The van der Waals surface area contributed by atoms with Gasteiger partial charge in [0.15, 0.2) is 0 Å². The number of hydrogen-bond acceptors (Lipinski definition) is 2. The predicted octanol–water partition coefficient (Wildman–Crippen LogP) is 3.42. The number of nitrogens with one attached hydrogen (secondary N) is 1. The topological polar surface area (TPSA) is 49.4 Å². The highest BCUT2D eigenvalue weighted by Gasteiger charge is 2.35. The van der Waals surface area contributed by atoms with Crippen LogP contribution in [0.1, 0.15) is 38.2 Å². The third-order valence-corrected chi connectivity index (χ3v) is 4.52. The Balaban J connectivity index is 1.97. The number of carbonyl (C=O) groups excluding carboxylic acids is 2. The van der Waals surface area contributed by atoms with Gasteiger partial charge in [0.05, 0.1) is 5.92 Å². The summed E-state index contributed by atoms with van der Waals surface area (Å²) in [6, 6.07) is 5.84. The number of nitrogens with zero attached hydrogens (tertiary/aromatic N) is 1. The van der Waals surface area contributed by atoms with E-state index in [-0.39, 0.29) is 17.7 Å². The summed E-state index contributed by atoms with van der Waals surface area (Å²) in [6.07, 6.45) is 3.55. The zero-order valence-corrected chi connectivity index (χ0v) is 14.8. The fourth-order valence-electron chi connectivity index (χ4n) is 2.77. The highest BCUT2D eigenvalue weighted by Crippen LogP contribution is 2.29. The van der Waals surface area contributed by atoms with Gasteiger partial charge in [-0.05, 0) is 37.1 Å². The smallest absolute Gasteiger partial charge is 0.227 e. The van der Waals surface area contributed by atoms with E-state index in [2.05, 4.69) is 28.2 Å². The third-order valence-electron chi connectivity index (χ3n) is 4.03. The van der Waals surface area contributed by atoms with Crippen molar-refractivity contribution >= 4 is 33.4 Å². The van der Waals surface area contributed by atoms with Crippen LogP contribution in [0.3, 0.4) is 0 Å². The molecular weight excluding hydrogens is 344 g/mol. The van der Waals surface area contributed by atoms with Crippen molar-refractivity contribution in [3.8, 4) is 0 Å². The maximum absolute atomic E-state index is 12.2. The van der Waals surface area contributed by atoms with Crippen LogP contribution in [0.2, 0.25) is 0 Å². The van der Waals surface area contributed by atoms with E-state index in [1.807, 2.05) is 25.1 Å². The van der Waals surface area contributed by atoms with Crippen molar-refractivity contribution in [1.29, 1.82) is 0 Å². The zero-order chi connectivity index (χ0) is 16.1. The van der Waals surface area contributed by atoms with Crippen LogP contribution >= 0.6 is 15.9 Å². The Hall–Kier alpha value is -1.36. The SMILES string of the molecule is CCCCCNC(=O)C1CC(=O)N(c2ccc(Br)cc2C)C1. The number of anilines is 1. The zero-order valence-electron chi connectivity index (χ0n) is 13.2. The van der Waals surface area contributed by atoms with E-state index in [9.17, 15) is 9.59 Å². The number of carbonyl (C=O) groups is 2. The summed E-state index contributed by atoms with van der Waals surface area (Å²) in [4.78, 5) is 26.1. The average Bonchev–Trinajstić information content (AvgIpc) is 2.85. The minimum absolute atomic E-state index is 0.00159. The van der Waals surface area contributed by atoms with Crippen molar-refractivity contribution in [2.24, 2.45) is 5.92 Å². The minimum Gasteiger partial charge on any atom is -0.356 e. The molecule has 1 heterocycles. The number of aryl methyl sites for hydroxylation is 1. The molecule has 1 unspecified atom stereocenters. The fraction of sp³-hybridized carbons (Fsp3) is 0.529. The van der Waals surface area contributed by atoms with Gasteiger partial charge in [-0.15, -0.1) is 0 Å². The first kappa shape index (κ1) is 17.0. The first-order valence-electron chi connectivity index (χ1n) is 7.87. The molecule has 1 aromatic rings. The molecule has 0 bridgehead atoms. The van der Waals surface area contributed by atoms with E-state index in [1.54, 1.807) is 4.90 Å². The summed E-state index contributed by atoms with van der Waals surface area (Å²) in [7, 11) is 0.